The van der Waals surface area contributed by atoms with Crippen LogP contribution in [-0.2, 0) is 58.8 Å². The molecule has 3 rings (SSSR count). The maximum atomic E-state index is 12.1. The number of para-hydroxylation sites is 1. The Balaban J connectivity index is 1.91. The molecule has 1 aliphatic rings. The van der Waals surface area contributed by atoms with Crippen LogP contribution in [-0.4, -0.2) is 73.8 Å². The molecule has 5 atom stereocenters. The predicted octanol–water partition coefficient (Wildman–Crippen LogP) is 3.32. The molecule has 1 heterocycles. The van der Waals surface area contributed by atoms with Gasteiger partial charge in [-0.25, -0.2) is 4.79 Å². The maximum Gasteiger partial charge on any atom is 0.330 e. The van der Waals surface area contributed by atoms with Crippen LogP contribution in [0.3, 0.4) is 0 Å². The third kappa shape index (κ3) is 10.2. The molecule has 236 valence electrons. The number of esters is 5. The Bertz CT molecular complexity index is 1350. The smallest absolute Gasteiger partial charge is 0.330 e. The SMILES string of the molecule is CCOC(=O)C=Cc1ccc(Cc2ccccc2O[C@@H]2O[C@H](COC(C)=O)[C@@H](OC(C)=O)[C@H](OC(C)=O)[C@H]2OC(C)=O)cc1. The highest BCUT2D eigenvalue weighted by atomic mass is 16.7. The summed E-state index contributed by atoms with van der Waals surface area (Å²) in [6.07, 6.45) is -3.03. The van der Waals surface area contributed by atoms with Crippen molar-refractivity contribution in [2.75, 3.05) is 13.2 Å². The van der Waals surface area contributed by atoms with Gasteiger partial charge >= 0.3 is 29.8 Å². The first kappa shape index (κ1) is 33.8. The van der Waals surface area contributed by atoms with Crippen LogP contribution in [0.5, 0.6) is 5.75 Å². The average Bonchev–Trinajstić information content (AvgIpc) is 2.95. The fourth-order valence-electron chi connectivity index (χ4n) is 4.49. The molecule has 2 aromatic carbocycles. The molecule has 12 nitrogen and oxygen atoms in total. The zero-order valence-corrected chi connectivity index (χ0v) is 25.2. The van der Waals surface area contributed by atoms with Crippen molar-refractivity contribution < 1.29 is 57.1 Å². The van der Waals surface area contributed by atoms with E-state index < -0.39 is 60.6 Å². The summed E-state index contributed by atoms with van der Waals surface area (Å²) in [5, 5.41) is 0. The van der Waals surface area contributed by atoms with Gasteiger partial charge in [0.15, 0.2) is 12.2 Å². The minimum absolute atomic E-state index is 0.293. The second-order valence-electron chi connectivity index (χ2n) is 9.80. The highest BCUT2D eigenvalue weighted by Crippen LogP contribution is 2.32. The Morgan fingerprint density at radius 2 is 1.36 bits per heavy atom. The molecule has 0 aromatic heterocycles. The lowest BCUT2D eigenvalue weighted by Gasteiger charge is -2.44. The predicted molar refractivity (Wildman–Crippen MR) is 154 cm³/mol. The van der Waals surface area contributed by atoms with Crippen molar-refractivity contribution in [1.29, 1.82) is 0 Å². The van der Waals surface area contributed by atoms with Crippen molar-refractivity contribution in [2.24, 2.45) is 0 Å². The van der Waals surface area contributed by atoms with Gasteiger partial charge in [-0.3, -0.25) is 19.2 Å². The maximum absolute atomic E-state index is 12.1. The van der Waals surface area contributed by atoms with E-state index in [-0.39, 0.29) is 6.61 Å². The van der Waals surface area contributed by atoms with Crippen molar-refractivity contribution >= 4 is 35.9 Å². The molecule has 1 fully saturated rings. The standard InChI is InChI=1S/C32H36O12/c1-6-38-28(37)16-15-23-11-13-24(14-12-23)17-25-9-7-8-10-26(25)43-32-31(42-22(5)36)30(41-21(4)35)29(40-20(3)34)27(44-32)18-39-19(2)33/h7-16,27,29-32H,6,17-18H2,1-5H3/t27-,29-,30+,31-,32-/m1/s1. The quantitative estimate of drug-likeness (QED) is 0.197. The van der Waals surface area contributed by atoms with Crippen LogP contribution < -0.4 is 4.74 Å². The molecule has 0 unspecified atom stereocenters. The Kier molecular flexibility index (Phi) is 12.5. The van der Waals surface area contributed by atoms with E-state index in [4.69, 9.17) is 33.2 Å². The zero-order valence-electron chi connectivity index (χ0n) is 25.2. The van der Waals surface area contributed by atoms with Gasteiger partial charge in [-0.1, -0.05) is 42.5 Å². The highest BCUT2D eigenvalue weighted by molar-refractivity contribution is 5.87. The molecule has 0 bridgehead atoms. The van der Waals surface area contributed by atoms with Gasteiger partial charge in [-0.05, 0) is 35.8 Å². The van der Waals surface area contributed by atoms with Gasteiger partial charge in [0.25, 0.3) is 0 Å². The molecule has 0 aliphatic carbocycles. The lowest BCUT2D eigenvalue weighted by molar-refractivity contribution is -0.288. The largest absolute Gasteiger partial charge is 0.463 e. The molecular formula is C32H36O12. The van der Waals surface area contributed by atoms with Crippen LogP contribution in [0.4, 0.5) is 0 Å². The Labute approximate surface area is 255 Å². The molecule has 0 amide bonds. The highest BCUT2D eigenvalue weighted by Gasteiger charge is 2.53. The second-order valence-corrected chi connectivity index (χ2v) is 9.80. The summed E-state index contributed by atoms with van der Waals surface area (Å²) >= 11 is 0. The third-order valence-corrected chi connectivity index (χ3v) is 6.24. The van der Waals surface area contributed by atoms with Crippen molar-refractivity contribution in [1.82, 2.24) is 0 Å². The molecule has 0 radical (unpaired) electrons. The fraction of sp³-hybridized carbons (Fsp3) is 0.406. The summed E-state index contributed by atoms with van der Waals surface area (Å²) in [4.78, 5) is 59.4. The lowest BCUT2D eigenvalue weighted by atomic mass is 9.98. The van der Waals surface area contributed by atoms with Gasteiger partial charge in [0.2, 0.25) is 12.4 Å². The summed E-state index contributed by atoms with van der Waals surface area (Å²) in [6, 6.07) is 14.6. The second kappa shape index (κ2) is 16.2. The van der Waals surface area contributed by atoms with Gasteiger partial charge in [0.05, 0.1) is 6.61 Å². The first-order chi connectivity index (χ1) is 21.0. The summed E-state index contributed by atoms with van der Waals surface area (Å²) < 4.78 is 38.7. The molecule has 2 aromatic rings. The van der Waals surface area contributed by atoms with E-state index in [9.17, 15) is 24.0 Å². The molecule has 0 spiro atoms. The first-order valence-corrected chi connectivity index (χ1v) is 14.0. The zero-order chi connectivity index (χ0) is 32.2. The van der Waals surface area contributed by atoms with Crippen molar-refractivity contribution in [3.05, 3.63) is 71.3 Å². The van der Waals surface area contributed by atoms with Gasteiger partial charge in [-0.15, -0.1) is 0 Å². The van der Waals surface area contributed by atoms with Crippen molar-refractivity contribution in [3.63, 3.8) is 0 Å². The summed E-state index contributed by atoms with van der Waals surface area (Å²) in [5.74, 6) is -2.86. The van der Waals surface area contributed by atoms with Crippen LogP contribution >= 0.6 is 0 Å². The van der Waals surface area contributed by atoms with Gasteiger partial charge < -0.3 is 33.2 Å². The normalized spacial score (nSPS) is 21.2. The number of rotatable bonds is 12. The van der Waals surface area contributed by atoms with Gasteiger partial charge in [0.1, 0.15) is 18.5 Å². The molecule has 44 heavy (non-hydrogen) atoms. The van der Waals surface area contributed by atoms with Gasteiger partial charge in [0, 0.05) is 40.2 Å². The number of ether oxygens (including phenoxy) is 7. The van der Waals surface area contributed by atoms with Crippen LogP contribution in [0.2, 0.25) is 0 Å². The number of carbonyl (C=O) groups excluding carboxylic acids is 5. The average molecular weight is 613 g/mol. The number of benzene rings is 2. The van der Waals surface area contributed by atoms with Crippen molar-refractivity contribution in [2.45, 2.75) is 71.7 Å². The lowest BCUT2D eigenvalue weighted by Crippen LogP contribution is -2.63. The van der Waals surface area contributed by atoms with E-state index in [2.05, 4.69) is 0 Å². The fourth-order valence-corrected chi connectivity index (χ4v) is 4.49. The van der Waals surface area contributed by atoms with Gasteiger partial charge in [-0.2, -0.15) is 0 Å². The van der Waals surface area contributed by atoms with Crippen LogP contribution in [0.15, 0.2) is 54.6 Å². The Morgan fingerprint density at radius 1 is 0.750 bits per heavy atom. The van der Waals surface area contributed by atoms with Crippen LogP contribution in [0.25, 0.3) is 6.08 Å². The number of hydrogen-bond acceptors (Lipinski definition) is 12. The number of carbonyl (C=O) groups is 5. The number of hydrogen-bond donors (Lipinski definition) is 0. The first-order valence-electron chi connectivity index (χ1n) is 14.0. The minimum atomic E-state index is -1.35. The molecule has 12 heteroatoms. The Hall–Kier alpha value is -4.71. The monoisotopic (exact) mass is 612 g/mol. The molecule has 0 saturated carbocycles. The van der Waals surface area contributed by atoms with E-state index in [1.165, 1.54) is 13.0 Å². The van der Waals surface area contributed by atoms with Crippen molar-refractivity contribution in [3.8, 4) is 5.75 Å². The summed E-state index contributed by atoms with van der Waals surface area (Å²) in [5.41, 5.74) is 2.48. The summed E-state index contributed by atoms with van der Waals surface area (Å²) in [7, 11) is 0. The van der Waals surface area contributed by atoms with E-state index in [0.29, 0.717) is 18.8 Å². The Morgan fingerprint density at radius 3 is 1.98 bits per heavy atom. The van der Waals surface area contributed by atoms with Crippen LogP contribution in [0.1, 0.15) is 51.3 Å². The molecule has 0 N–H and O–H groups in total. The molecule has 1 saturated heterocycles. The van der Waals surface area contributed by atoms with E-state index in [0.717, 1.165) is 37.5 Å². The van der Waals surface area contributed by atoms with E-state index in [1.807, 2.05) is 36.4 Å². The van der Waals surface area contributed by atoms with E-state index in [1.54, 1.807) is 25.1 Å². The molecule has 1 aliphatic heterocycles. The molecular weight excluding hydrogens is 576 g/mol. The minimum Gasteiger partial charge on any atom is -0.463 e. The van der Waals surface area contributed by atoms with Crippen LogP contribution in [0, 0.1) is 0 Å². The third-order valence-electron chi connectivity index (χ3n) is 6.24. The topological polar surface area (TPSA) is 150 Å². The van der Waals surface area contributed by atoms with E-state index >= 15 is 0 Å². The summed E-state index contributed by atoms with van der Waals surface area (Å²) in [6.45, 7) is 6.32.